The molecule has 470 valence electrons. The minimum Gasteiger partial charge on any atom is -0.462 e. The fourth-order valence-electron chi connectivity index (χ4n) is 11.9. The van der Waals surface area contributed by atoms with Gasteiger partial charge < -0.3 is 24.3 Å². The fraction of sp³-hybridized carbons (Fsp3) is 0.216. The summed E-state index contributed by atoms with van der Waals surface area (Å²) in [5.41, 5.74) is 15.5. The summed E-state index contributed by atoms with van der Waals surface area (Å²) < 4.78 is 36.8. The average Bonchev–Trinajstić information content (AvgIpc) is 1.61. The van der Waals surface area contributed by atoms with E-state index in [4.69, 9.17) is 35.8 Å². The Morgan fingerprint density at radius 3 is 2.10 bits per heavy atom. The molecule has 0 amide bonds. The van der Waals surface area contributed by atoms with Crippen molar-refractivity contribution in [3.8, 4) is 55.5 Å². The normalized spacial score (nSPS) is 11.8. The van der Waals surface area contributed by atoms with Crippen LogP contribution in [0.3, 0.4) is 0 Å². The number of carbonyl (C=O) groups is 1. The van der Waals surface area contributed by atoms with Gasteiger partial charge in [0.05, 0.1) is 72.8 Å². The predicted octanol–water partition coefficient (Wildman–Crippen LogP) is 15.3. The molecule has 0 aliphatic heterocycles. The highest BCUT2D eigenvalue weighted by Crippen LogP contribution is 2.47. The van der Waals surface area contributed by atoms with Gasteiger partial charge in [-0.15, -0.1) is 11.3 Å². The second-order valence-electron chi connectivity index (χ2n) is 23.1. The largest absolute Gasteiger partial charge is 0.462 e. The van der Waals surface area contributed by atoms with Crippen molar-refractivity contribution in [3.63, 3.8) is 0 Å². The van der Waals surface area contributed by atoms with E-state index >= 15 is 0 Å². The number of carbonyl (C=O) groups excluding carboxylic acids is 1. The van der Waals surface area contributed by atoms with Crippen molar-refractivity contribution in [2.75, 3.05) is 65.0 Å². The van der Waals surface area contributed by atoms with E-state index in [1.54, 1.807) is 53.3 Å². The van der Waals surface area contributed by atoms with Gasteiger partial charge >= 0.3 is 11.6 Å². The number of sulfone groups is 1. The number of pyridine rings is 1. The van der Waals surface area contributed by atoms with Crippen LogP contribution in [0.15, 0.2) is 183 Å². The van der Waals surface area contributed by atoms with E-state index in [2.05, 4.69) is 109 Å². The number of aryl methyl sites for hydroxylation is 2. The number of rotatable bonds is 14. The van der Waals surface area contributed by atoms with Gasteiger partial charge in [0.1, 0.15) is 21.8 Å². The molecule has 16 nitrogen and oxygen atoms in total. The lowest BCUT2D eigenvalue weighted by molar-refractivity contribution is 0.0527. The summed E-state index contributed by atoms with van der Waals surface area (Å²) in [6, 6.07) is 50.3. The zero-order chi connectivity index (χ0) is 65.2. The number of nitrogens with zero attached hydrogens (tertiary/aromatic N) is 8. The minimum absolute atomic E-state index is 0.00978. The van der Waals surface area contributed by atoms with E-state index in [9.17, 15) is 22.8 Å². The van der Waals surface area contributed by atoms with Crippen LogP contribution in [0.4, 0.5) is 5.69 Å². The molecular weight excluding hydrogens is 1230 g/mol. The van der Waals surface area contributed by atoms with Gasteiger partial charge in [0.2, 0.25) is 0 Å². The van der Waals surface area contributed by atoms with Gasteiger partial charge in [-0.05, 0) is 149 Å². The minimum atomic E-state index is -3.27. The molecule has 13 aromatic rings. The highest BCUT2D eigenvalue weighted by molar-refractivity contribution is 7.90. The van der Waals surface area contributed by atoms with Gasteiger partial charge in [-0.25, -0.2) is 37.6 Å². The van der Waals surface area contributed by atoms with Gasteiger partial charge in [0.15, 0.2) is 9.84 Å². The Kier molecular flexibility index (Phi) is 18.4. The van der Waals surface area contributed by atoms with E-state index in [1.165, 1.54) is 28.7 Å². The number of para-hydroxylation sites is 1. The molecule has 19 heteroatoms. The monoisotopic (exact) mass is 1290 g/mol. The lowest BCUT2D eigenvalue weighted by Gasteiger charge is -2.18. The van der Waals surface area contributed by atoms with Crippen molar-refractivity contribution >= 4 is 109 Å². The molecule has 1 N–H and O–H groups in total. The zero-order valence-corrected chi connectivity index (χ0v) is 55.3. The molecule has 2 aliphatic rings. The molecule has 15 rings (SSSR count). The number of likely N-dealkylation sites (N-methyl/N-ethyl adjacent to an activating group) is 1. The SMILES string of the molecule is CCN(CC)CCn1nc2c3c(cccc3c1=O)-c1ccccc1-2.CCOC(=O)c1cnc2c(C)c(C)ccc2c1NCCCN(C)C.CS(=O)(=O)c1ccc2nc3c(nc2c1)-c1cccc2cccc-3c12.O=c1oc2ccc(Cl)cc2cc1-c1nc2ccccc2s1. The highest BCUT2D eigenvalue weighted by atomic mass is 35.5. The number of fused-ring (bicyclic) bond motifs is 10. The number of thiazole rings is 1. The van der Waals surface area contributed by atoms with Crippen LogP contribution in [0.25, 0.3) is 120 Å². The van der Waals surface area contributed by atoms with Crippen LogP contribution in [0.5, 0.6) is 0 Å². The molecule has 0 bridgehead atoms. The number of esters is 1. The number of benzene rings is 8. The second kappa shape index (κ2) is 26.9. The molecule has 5 aromatic heterocycles. The molecule has 8 aromatic carbocycles. The molecule has 0 unspecified atom stereocenters. The first-order valence-corrected chi connectivity index (χ1v) is 34.0. The van der Waals surface area contributed by atoms with Crippen LogP contribution in [0.2, 0.25) is 5.02 Å². The van der Waals surface area contributed by atoms with Crippen LogP contribution in [0.1, 0.15) is 48.7 Å². The summed E-state index contributed by atoms with van der Waals surface area (Å²) in [7, 11) is 0.837. The van der Waals surface area contributed by atoms with E-state index in [0.29, 0.717) is 50.9 Å². The van der Waals surface area contributed by atoms with Gasteiger partial charge in [0.25, 0.3) is 5.56 Å². The lowest BCUT2D eigenvalue weighted by atomic mass is 10.0. The van der Waals surface area contributed by atoms with Gasteiger partial charge in [-0.3, -0.25) is 9.78 Å². The first-order valence-electron chi connectivity index (χ1n) is 30.9. The molecule has 0 radical (unpaired) electrons. The second-order valence-corrected chi connectivity index (χ2v) is 26.6. The Morgan fingerprint density at radius 1 is 0.677 bits per heavy atom. The van der Waals surface area contributed by atoms with Crippen molar-refractivity contribution < 1.29 is 22.4 Å². The van der Waals surface area contributed by atoms with Gasteiger partial charge in [-0.1, -0.05) is 123 Å². The fourth-order valence-corrected chi connectivity index (χ4v) is 13.7. The first-order chi connectivity index (χ1) is 44.9. The average molecular weight is 1300 g/mol. The molecule has 0 fully saturated rings. The van der Waals surface area contributed by atoms with E-state index in [1.807, 2.05) is 79.7 Å². The third-order valence-electron chi connectivity index (χ3n) is 16.8. The number of hydrogen-bond acceptors (Lipinski definition) is 16. The van der Waals surface area contributed by atoms with Crippen LogP contribution >= 0.6 is 22.9 Å². The molecule has 2 aliphatic carbocycles. The predicted molar refractivity (Wildman–Crippen MR) is 378 cm³/mol. The molecular formula is C74H68ClN9O7S2. The molecule has 0 saturated heterocycles. The van der Waals surface area contributed by atoms with Gasteiger partial charge in [-0.2, -0.15) is 5.10 Å². The summed E-state index contributed by atoms with van der Waals surface area (Å²) in [5.74, 6) is -0.333. The zero-order valence-electron chi connectivity index (χ0n) is 52.9. The van der Waals surface area contributed by atoms with Crippen LogP contribution in [-0.2, 0) is 21.1 Å². The number of anilines is 1. The van der Waals surface area contributed by atoms with E-state index in [-0.39, 0.29) is 22.0 Å². The maximum Gasteiger partial charge on any atom is 0.346 e. The summed E-state index contributed by atoms with van der Waals surface area (Å²) in [5, 5.41) is 15.3. The van der Waals surface area contributed by atoms with Gasteiger partial charge in [0, 0.05) is 68.8 Å². The Hall–Kier alpha value is -9.56. The Morgan fingerprint density at radius 2 is 1.38 bits per heavy atom. The van der Waals surface area contributed by atoms with Crippen molar-refractivity contribution in [2.45, 2.75) is 52.5 Å². The maximum atomic E-state index is 12.9. The quantitative estimate of drug-likeness (QED) is 0.0613. The van der Waals surface area contributed by atoms with Crippen molar-refractivity contribution in [3.05, 3.63) is 206 Å². The molecule has 93 heavy (non-hydrogen) atoms. The standard InChI is InChI=1S/C20H21N3O.C19H27N3O2.C19H12N2O2S.C16H8ClNO2S/c1-3-22(4-2)12-13-23-20(24)17-11-7-10-15-14-8-5-6-9-16(14)19(21-23)18(15)17;1-6-24-19(23)16-12-21-17-14(3)13(2)8-9-15(17)18(16)20-10-7-11-22(4)5;1-24(22,23)12-8-9-15-16(10-12)21-19-14-7-3-5-11-4-2-6-13(17(11)14)18(19)20-15;17-10-5-6-13-9(7-10)8-11(16(19)20-13)15-18-12-3-1-2-4-14(12)21-15/h5-11H,3-4,12-13H2,1-2H3;8-9,12H,6-7,10-11H2,1-5H3,(H,20,21);2-10H,1H3;1-8H. The summed E-state index contributed by atoms with van der Waals surface area (Å²) in [4.78, 5) is 60.6. The van der Waals surface area contributed by atoms with Crippen LogP contribution in [-0.4, -0.2) is 114 Å². The van der Waals surface area contributed by atoms with Crippen molar-refractivity contribution in [1.29, 1.82) is 0 Å². The molecule has 0 atom stereocenters. The molecule has 5 heterocycles. The van der Waals surface area contributed by atoms with Crippen molar-refractivity contribution in [2.24, 2.45) is 0 Å². The maximum absolute atomic E-state index is 12.9. The summed E-state index contributed by atoms with van der Waals surface area (Å²) >= 11 is 7.46. The number of aromatic nitrogens is 6. The number of hydrogen-bond donors (Lipinski definition) is 1. The Balaban J connectivity index is 0.000000119. The smallest absolute Gasteiger partial charge is 0.346 e. The first kappa shape index (κ1) is 63.6. The number of nitrogens with one attached hydrogen (secondary N) is 1. The number of halogens is 1. The third kappa shape index (κ3) is 12.9. The summed E-state index contributed by atoms with van der Waals surface area (Å²) in [6.07, 6.45) is 3.82. The summed E-state index contributed by atoms with van der Waals surface area (Å²) in [6.45, 7) is 15.8. The van der Waals surface area contributed by atoms with Crippen molar-refractivity contribution in [1.82, 2.24) is 39.5 Å². The Labute approximate surface area is 547 Å². The van der Waals surface area contributed by atoms with Crippen LogP contribution in [0, 0.1) is 13.8 Å². The molecule has 0 spiro atoms. The Bertz CT molecular complexity index is 5280. The number of ether oxygens (including phenoxy) is 1. The third-order valence-corrected chi connectivity index (χ3v) is 19.2. The van der Waals surface area contributed by atoms with E-state index < -0.39 is 9.84 Å². The van der Waals surface area contributed by atoms with E-state index in [0.717, 1.165) is 138 Å². The lowest BCUT2D eigenvalue weighted by Crippen LogP contribution is -2.32. The topological polar surface area (TPSA) is 196 Å². The molecule has 0 saturated carbocycles. The highest BCUT2D eigenvalue weighted by Gasteiger charge is 2.27. The van der Waals surface area contributed by atoms with Crippen LogP contribution < -0.4 is 16.5 Å².